The third-order valence-corrected chi connectivity index (χ3v) is 4.71. The number of benzene rings is 2. The summed E-state index contributed by atoms with van der Waals surface area (Å²) in [6.07, 6.45) is 0.503. The average Bonchev–Trinajstić information content (AvgIpc) is 3.35. The highest BCUT2D eigenvalue weighted by Gasteiger charge is 2.38. The van der Waals surface area contributed by atoms with E-state index in [0.29, 0.717) is 30.2 Å². The minimum Gasteiger partial charge on any atom is -0.399 e. The van der Waals surface area contributed by atoms with E-state index in [1.165, 1.54) is 7.11 Å². The van der Waals surface area contributed by atoms with Gasteiger partial charge in [0.05, 0.1) is 12.3 Å². The van der Waals surface area contributed by atoms with Crippen molar-refractivity contribution in [2.24, 2.45) is 5.16 Å². The van der Waals surface area contributed by atoms with Crippen molar-refractivity contribution in [1.29, 1.82) is 0 Å². The van der Waals surface area contributed by atoms with Crippen molar-refractivity contribution in [3.8, 4) is 11.1 Å². The van der Waals surface area contributed by atoms with Gasteiger partial charge in [-0.15, -0.1) is 0 Å². The van der Waals surface area contributed by atoms with E-state index in [0.717, 1.165) is 16.8 Å². The van der Waals surface area contributed by atoms with Crippen LogP contribution in [-0.2, 0) is 4.84 Å². The van der Waals surface area contributed by atoms with Crippen LogP contribution in [0.5, 0.6) is 0 Å². The van der Waals surface area contributed by atoms with E-state index in [2.05, 4.69) is 15.3 Å². The van der Waals surface area contributed by atoms with E-state index in [-0.39, 0.29) is 11.9 Å². The zero-order valence-electron chi connectivity index (χ0n) is 15.7. The lowest BCUT2D eigenvalue weighted by molar-refractivity contribution is 0.0713. The second-order valence-electron chi connectivity index (χ2n) is 6.62. The fraction of sp³-hybridized carbons (Fsp3) is 0.238. The minimum absolute atomic E-state index is 0.109. The number of hydrogen-bond donors (Lipinski definition) is 0. The predicted molar refractivity (Wildman–Crippen MR) is 104 cm³/mol. The van der Waals surface area contributed by atoms with Crippen LogP contribution >= 0.6 is 0 Å². The summed E-state index contributed by atoms with van der Waals surface area (Å²) in [7, 11) is 1.49. The number of carbonyl (C=O) groups is 1. The zero-order chi connectivity index (χ0) is 19.5. The molecule has 1 fully saturated rings. The Hall–Kier alpha value is -3.48. The van der Waals surface area contributed by atoms with Crippen molar-refractivity contribution in [2.45, 2.75) is 19.4 Å². The third kappa shape index (κ3) is 3.51. The molecular weight excluding hydrogens is 356 g/mol. The normalized spacial score (nSPS) is 17.9. The standard InChI is InChI=1S/C21H20N4O3/c1-14-22-20(28-23-14)19-12-18(24-27-2)13-25(19)21(26)17-10-8-16(9-11-17)15-6-4-3-5-7-15/h3-11,19H,12-13H2,1-2H3/b24-18-/t19-/m0/s1. The maximum absolute atomic E-state index is 13.2. The van der Waals surface area contributed by atoms with Gasteiger partial charge in [-0.3, -0.25) is 4.79 Å². The van der Waals surface area contributed by atoms with E-state index in [9.17, 15) is 4.79 Å². The first-order chi connectivity index (χ1) is 13.7. The van der Waals surface area contributed by atoms with Crippen LogP contribution in [0.15, 0.2) is 64.3 Å². The Morgan fingerprint density at radius 2 is 1.86 bits per heavy atom. The first-order valence-corrected chi connectivity index (χ1v) is 9.01. The summed E-state index contributed by atoms with van der Waals surface area (Å²) in [6.45, 7) is 2.11. The molecule has 1 aliphatic heterocycles. The van der Waals surface area contributed by atoms with Crippen LogP contribution in [0.3, 0.4) is 0 Å². The maximum atomic E-state index is 13.2. The number of likely N-dealkylation sites (tertiary alicyclic amines) is 1. The van der Waals surface area contributed by atoms with Crippen LogP contribution < -0.4 is 0 Å². The summed E-state index contributed by atoms with van der Waals surface area (Å²) in [5.74, 6) is 0.835. The highest BCUT2D eigenvalue weighted by atomic mass is 16.6. The molecule has 7 nitrogen and oxygen atoms in total. The summed E-state index contributed by atoms with van der Waals surface area (Å²) in [5, 5.41) is 7.87. The van der Waals surface area contributed by atoms with Gasteiger partial charge in [-0.1, -0.05) is 52.8 Å². The van der Waals surface area contributed by atoms with E-state index in [1.54, 1.807) is 11.8 Å². The molecule has 1 amide bonds. The minimum atomic E-state index is -0.351. The number of amides is 1. The SMILES string of the molecule is CO/N=C1/C[C@@H](c2nc(C)no2)N(C(=O)c2ccc(-c3ccccc3)cc2)C1. The van der Waals surface area contributed by atoms with Gasteiger partial charge in [0.1, 0.15) is 13.2 Å². The summed E-state index contributed by atoms with van der Waals surface area (Å²) < 4.78 is 5.32. The lowest BCUT2D eigenvalue weighted by Crippen LogP contribution is -2.31. The molecule has 28 heavy (non-hydrogen) atoms. The molecule has 2 aromatic carbocycles. The lowest BCUT2D eigenvalue weighted by atomic mass is 10.0. The fourth-order valence-corrected chi connectivity index (χ4v) is 3.38. The molecule has 0 N–H and O–H groups in total. The summed E-state index contributed by atoms with van der Waals surface area (Å²) >= 11 is 0. The fourth-order valence-electron chi connectivity index (χ4n) is 3.38. The molecule has 1 saturated heterocycles. The summed E-state index contributed by atoms with van der Waals surface area (Å²) in [4.78, 5) is 24.1. The van der Waals surface area contributed by atoms with Gasteiger partial charge in [-0.25, -0.2) is 0 Å². The van der Waals surface area contributed by atoms with Crippen LogP contribution in [0.1, 0.15) is 34.5 Å². The van der Waals surface area contributed by atoms with E-state index >= 15 is 0 Å². The van der Waals surface area contributed by atoms with Crippen LogP contribution in [0.25, 0.3) is 11.1 Å². The molecule has 7 heteroatoms. The molecule has 0 aliphatic carbocycles. The predicted octanol–water partition coefficient (Wildman–Crippen LogP) is 3.63. The van der Waals surface area contributed by atoms with Gasteiger partial charge in [0.25, 0.3) is 5.91 Å². The Morgan fingerprint density at radius 1 is 1.14 bits per heavy atom. The maximum Gasteiger partial charge on any atom is 0.254 e. The molecule has 3 aromatic rings. The molecular formula is C21H20N4O3. The number of oxime groups is 1. The second-order valence-corrected chi connectivity index (χ2v) is 6.62. The van der Waals surface area contributed by atoms with Gasteiger partial charge >= 0.3 is 0 Å². The first-order valence-electron chi connectivity index (χ1n) is 9.01. The number of aromatic nitrogens is 2. The monoisotopic (exact) mass is 376 g/mol. The second kappa shape index (κ2) is 7.64. The van der Waals surface area contributed by atoms with Crippen molar-refractivity contribution >= 4 is 11.6 Å². The molecule has 142 valence electrons. The van der Waals surface area contributed by atoms with Gasteiger partial charge in [-0.2, -0.15) is 4.98 Å². The molecule has 2 heterocycles. The summed E-state index contributed by atoms with van der Waals surface area (Å²) in [6, 6.07) is 17.3. The molecule has 0 unspecified atom stereocenters. The van der Waals surface area contributed by atoms with Crippen LogP contribution in [0, 0.1) is 6.92 Å². The van der Waals surface area contributed by atoms with Crippen molar-refractivity contribution in [3.05, 3.63) is 71.9 Å². The molecule has 1 atom stereocenters. The largest absolute Gasteiger partial charge is 0.399 e. The molecule has 0 radical (unpaired) electrons. The molecule has 4 rings (SSSR count). The van der Waals surface area contributed by atoms with Crippen LogP contribution in [-0.4, -0.2) is 40.3 Å². The smallest absolute Gasteiger partial charge is 0.254 e. The average molecular weight is 376 g/mol. The van der Waals surface area contributed by atoms with Crippen molar-refractivity contribution < 1.29 is 14.2 Å². The molecule has 0 bridgehead atoms. The molecule has 1 aromatic heterocycles. The van der Waals surface area contributed by atoms with Gasteiger partial charge in [-0.05, 0) is 30.2 Å². The summed E-state index contributed by atoms with van der Waals surface area (Å²) in [5.41, 5.74) is 3.53. The van der Waals surface area contributed by atoms with Gasteiger partial charge in [0.2, 0.25) is 5.89 Å². The van der Waals surface area contributed by atoms with Gasteiger partial charge in [0.15, 0.2) is 5.82 Å². The first kappa shape index (κ1) is 17.9. The number of carbonyl (C=O) groups excluding carboxylic acids is 1. The van der Waals surface area contributed by atoms with Gasteiger partial charge in [0, 0.05) is 12.0 Å². The third-order valence-electron chi connectivity index (χ3n) is 4.71. The zero-order valence-corrected chi connectivity index (χ0v) is 15.7. The highest BCUT2D eigenvalue weighted by Crippen LogP contribution is 2.31. The Morgan fingerprint density at radius 3 is 2.50 bits per heavy atom. The van der Waals surface area contributed by atoms with Crippen molar-refractivity contribution in [1.82, 2.24) is 15.0 Å². The van der Waals surface area contributed by atoms with Gasteiger partial charge < -0.3 is 14.3 Å². The number of rotatable bonds is 4. The quantitative estimate of drug-likeness (QED) is 0.650. The van der Waals surface area contributed by atoms with E-state index in [1.807, 2.05) is 54.6 Å². The number of hydrogen-bond acceptors (Lipinski definition) is 6. The van der Waals surface area contributed by atoms with Crippen molar-refractivity contribution in [2.75, 3.05) is 13.7 Å². The number of nitrogens with zero attached hydrogens (tertiary/aromatic N) is 4. The molecule has 0 spiro atoms. The van der Waals surface area contributed by atoms with E-state index < -0.39 is 0 Å². The van der Waals surface area contributed by atoms with Crippen LogP contribution in [0.4, 0.5) is 0 Å². The van der Waals surface area contributed by atoms with Crippen molar-refractivity contribution in [3.63, 3.8) is 0 Å². The molecule has 0 saturated carbocycles. The number of aryl methyl sites for hydroxylation is 1. The Balaban J connectivity index is 1.60. The Kier molecular flexibility index (Phi) is 4.89. The topological polar surface area (TPSA) is 80.8 Å². The van der Waals surface area contributed by atoms with Crippen LogP contribution in [0.2, 0.25) is 0 Å². The van der Waals surface area contributed by atoms with E-state index in [4.69, 9.17) is 9.36 Å². The highest BCUT2D eigenvalue weighted by molar-refractivity contribution is 6.00. The lowest BCUT2D eigenvalue weighted by Gasteiger charge is -2.21. The Labute approximate surface area is 162 Å². The molecule has 1 aliphatic rings. The Bertz CT molecular complexity index is 996.